The Labute approximate surface area is 26.7 Å². The number of nitrogens with two attached hydrogens (primary N) is 1. The lowest BCUT2D eigenvalue weighted by atomic mass is 10.8. The van der Waals surface area contributed by atoms with Gasteiger partial charge in [-0.3, -0.25) is 0 Å². The van der Waals surface area contributed by atoms with Crippen LogP contribution in [0, 0.1) is 0 Å². The van der Waals surface area contributed by atoms with Crippen LogP contribution < -0.4 is 5.73 Å². The number of aliphatic hydroxyl groups excluding tert-OH is 1. The van der Waals surface area contributed by atoms with Crippen LogP contribution in [-0.2, 0) is 0 Å². The highest BCUT2D eigenvalue weighted by Gasteiger charge is 1.56. The van der Waals surface area contributed by atoms with E-state index in [1.165, 1.54) is 0 Å². The van der Waals surface area contributed by atoms with Gasteiger partial charge in [0.05, 0.1) is 6.61 Å². The summed E-state index contributed by atoms with van der Waals surface area (Å²) in [5, 5.41) is 7.75. The van der Waals surface area contributed by atoms with E-state index in [1.54, 1.807) is 0 Å². The fraction of sp³-hybridized carbons (Fsp3) is 1.00. The van der Waals surface area contributed by atoms with Gasteiger partial charge in [-0.05, 0) is 0 Å². The molecule has 0 unspecified atom stereocenters. The van der Waals surface area contributed by atoms with Crippen molar-refractivity contribution in [2.75, 3.05) is 13.2 Å². The third kappa shape index (κ3) is 1.92. The maximum atomic E-state index is 7.75. The number of hydrogen-bond acceptors (Lipinski definition) is 2. The van der Waals surface area contributed by atoms with Gasteiger partial charge in [-0.1, -0.05) is 0 Å². The lowest BCUT2D eigenvalue weighted by Crippen LogP contribution is -2.02. The lowest BCUT2D eigenvalue weighted by Gasteiger charge is -1.71. The molecule has 0 aromatic carbocycles. The second kappa shape index (κ2) is 2.92. The van der Waals surface area contributed by atoms with Gasteiger partial charge in [0.25, 0.3) is 0 Å². The van der Waals surface area contributed by atoms with Crippen molar-refractivity contribution in [1.29, 1.82) is 0 Å². The summed E-state index contributed by atoms with van der Waals surface area (Å²) >= 11 is 0. The molecule has 0 bridgehead atoms. The smallest absolute Gasteiger partial charge is 0.0553 e. The van der Waals surface area contributed by atoms with Crippen LogP contribution in [0.15, 0.2) is 0 Å². The summed E-state index contributed by atoms with van der Waals surface area (Å²) in [5.74, 6) is 0. The predicted octanol–water partition coefficient (Wildman–Crippen LogP) is -0.950. The predicted molar refractivity (Wildman–Crippen MR) is 17.3 cm³/mol. The van der Waals surface area contributed by atoms with Crippen molar-refractivity contribution >= 4 is 0 Å². The van der Waals surface area contributed by atoms with Crippen molar-refractivity contribution in [3.63, 3.8) is 0 Å². The Kier molecular flexibility index (Phi) is 2.86. The van der Waals surface area contributed by atoms with Gasteiger partial charge in [-0.25, -0.2) is 0 Å². The van der Waals surface area contributed by atoms with E-state index in [-0.39, 0.29) is 8.03 Å². The zero-order valence-corrected chi connectivity index (χ0v) is 2.44. The van der Waals surface area contributed by atoms with E-state index >= 15 is 0 Å². The largest absolute Gasteiger partial charge is 0.395 e. The minimum Gasteiger partial charge on any atom is -0.395 e. The molecule has 0 aromatic rings. The van der Waals surface area contributed by atoms with E-state index in [9.17, 15) is 0 Å². The molecule has 4 heavy (non-hydrogen) atoms. The van der Waals surface area contributed by atoms with E-state index in [2.05, 4.69) is 0 Å². The highest BCUT2D eigenvalue weighted by molar-refractivity contribution is 4.17. The average Bonchev–Trinajstić information content (AvgIpc) is 1.37. The molecule has 0 heterocycles. The monoisotopic (exact) mass is 62.1 g/mol. The Morgan fingerprint density at radius 3 is 2.25 bits per heavy atom. The molecule has 27 valence electrons. The van der Waals surface area contributed by atoms with Crippen molar-refractivity contribution in [2.24, 2.45) is 5.73 Å². The van der Waals surface area contributed by atoms with Crippen molar-refractivity contribution in [1.82, 2.24) is 0 Å². The van der Waals surface area contributed by atoms with Crippen LogP contribution in [0.5, 0.6) is 0 Å². The van der Waals surface area contributed by atoms with Crippen LogP contribution in [0.1, 0.15) is 1.43 Å². The van der Waals surface area contributed by atoms with Gasteiger partial charge in [-0.2, -0.15) is 0 Å². The van der Waals surface area contributed by atoms with Crippen LogP contribution in [-0.4, -0.2) is 18.3 Å². The summed E-state index contributed by atoms with van der Waals surface area (Å²) in [5.41, 5.74) is 4.78. The number of rotatable bonds is 1. The van der Waals surface area contributed by atoms with E-state index in [1.807, 2.05) is 0 Å². The van der Waals surface area contributed by atoms with Crippen molar-refractivity contribution < 1.29 is 6.53 Å². The second-order valence-corrected chi connectivity index (χ2v) is 0.512. The molecule has 0 atom stereocenters. The molecule has 2 nitrogen and oxygen atoms in total. The first kappa shape index (κ1) is 3.92. The quantitative estimate of drug-likeness (QED) is 0.411. The molecule has 0 aliphatic rings. The van der Waals surface area contributed by atoms with Crippen LogP contribution >= 0.6 is 0 Å². The highest BCUT2D eigenvalue weighted by atomic mass is 16.3. The van der Waals surface area contributed by atoms with Crippen molar-refractivity contribution in [3.05, 3.63) is 0 Å². The molecular formula is C2H8NO. The molecule has 0 rings (SSSR count). The number of aliphatic hydroxyl groups is 1. The molecule has 0 saturated heterocycles. The third-order valence-electron chi connectivity index (χ3n) is 0.129. The van der Waals surface area contributed by atoms with Gasteiger partial charge >= 0.3 is 0 Å². The van der Waals surface area contributed by atoms with Crippen molar-refractivity contribution in [2.45, 2.75) is 0 Å². The molecule has 0 aliphatic heterocycles. The molecule has 0 amide bonds. The molecule has 0 spiro atoms. The molecule has 0 saturated carbocycles. The van der Waals surface area contributed by atoms with Gasteiger partial charge < -0.3 is 10.8 Å². The van der Waals surface area contributed by atoms with Gasteiger partial charge in [0.2, 0.25) is 0 Å². The Balaban J connectivity index is 0. The summed E-state index contributed by atoms with van der Waals surface area (Å²) in [6.07, 6.45) is 0. The first-order chi connectivity index (χ1) is 1.91. The lowest BCUT2D eigenvalue weighted by molar-refractivity contribution is 0.306. The Hall–Kier alpha value is -0.0800. The normalized spacial score (nSPS) is 7.50. The topological polar surface area (TPSA) is 46.2 Å². The molecule has 3 N–H and O–H groups in total. The van der Waals surface area contributed by atoms with Crippen LogP contribution in [0.25, 0.3) is 0 Å². The second-order valence-electron chi connectivity index (χ2n) is 0.512. The Morgan fingerprint density at radius 2 is 2.25 bits per heavy atom. The Morgan fingerprint density at radius 1 is 2.00 bits per heavy atom. The van der Waals surface area contributed by atoms with E-state index in [0.29, 0.717) is 6.54 Å². The van der Waals surface area contributed by atoms with Crippen LogP contribution in [0.3, 0.4) is 0 Å². The standard InChI is InChI=1S/C2H7NO.H/c3-1-2-4;/h4H,1-3H2;. The van der Waals surface area contributed by atoms with Gasteiger partial charge in [0.1, 0.15) is 0 Å². The summed E-state index contributed by atoms with van der Waals surface area (Å²) in [6, 6.07) is 0. The summed E-state index contributed by atoms with van der Waals surface area (Å²) in [4.78, 5) is 0. The zero-order chi connectivity index (χ0) is 3.41. The van der Waals surface area contributed by atoms with Crippen LogP contribution in [0.4, 0.5) is 0 Å². The molecule has 0 aromatic heterocycles. The zero-order valence-electron chi connectivity index (χ0n) is 3.44. The fourth-order valence-electron chi connectivity index (χ4n) is 0. The summed E-state index contributed by atoms with van der Waals surface area (Å²) in [6.45, 7) is 0.472. The van der Waals surface area contributed by atoms with Crippen LogP contribution in [0.2, 0.25) is 0 Å². The SMILES string of the molecule is NCCO.[H]. The molecule has 1 radical (unpaired) electrons. The Bertz CT molecular complexity index is 11.6. The average molecular weight is 62.1 g/mol. The third-order valence-corrected chi connectivity index (χ3v) is 0.129. The minimum atomic E-state index is 0. The molecule has 2 heteroatoms. The fourth-order valence-corrected chi connectivity index (χ4v) is 0. The first-order valence-corrected chi connectivity index (χ1v) is 1.22. The first-order valence-electron chi connectivity index (χ1n) is 1.22. The number of hydrogen-bond donors (Lipinski definition) is 2. The molecule has 0 fully saturated rings. The van der Waals surface area contributed by atoms with Gasteiger partial charge in [0, 0.05) is 7.97 Å². The van der Waals surface area contributed by atoms with Crippen molar-refractivity contribution in [3.8, 4) is 0 Å². The highest BCUT2D eigenvalue weighted by Crippen LogP contribution is 1.33. The van der Waals surface area contributed by atoms with Gasteiger partial charge in [-0.15, -0.1) is 0 Å². The van der Waals surface area contributed by atoms with Gasteiger partial charge in [0.15, 0.2) is 0 Å². The van der Waals surface area contributed by atoms with E-state index in [4.69, 9.17) is 10.8 Å². The summed E-state index contributed by atoms with van der Waals surface area (Å²) < 4.78 is 0. The van der Waals surface area contributed by atoms with E-state index < -0.39 is 0 Å². The summed E-state index contributed by atoms with van der Waals surface area (Å²) in [7, 11) is 0. The molecule has 0 aliphatic carbocycles. The maximum absolute atomic E-state index is 7.75. The minimum absolute atomic E-state index is 0. The van der Waals surface area contributed by atoms with E-state index in [0.717, 1.165) is 0 Å². The maximum Gasteiger partial charge on any atom is 0.0553 e. The molecular weight excluding hydrogens is 54.0 g/mol.